The Balaban J connectivity index is 2.68. The summed E-state index contributed by atoms with van der Waals surface area (Å²) in [6.07, 6.45) is 0. The van der Waals surface area contributed by atoms with E-state index in [1.807, 2.05) is 0 Å². The van der Waals surface area contributed by atoms with Crippen LogP contribution in [0, 0.1) is 5.92 Å². The van der Waals surface area contributed by atoms with Gasteiger partial charge in [-0.1, -0.05) is 91.4 Å². The van der Waals surface area contributed by atoms with Gasteiger partial charge in [0.05, 0.1) is 0 Å². The summed E-state index contributed by atoms with van der Waals surface area (Å²) in [5.74, 6) is 0.610. The Morgan fingerprint density at radius 1 is 0.963 bits per heavy atom. The summed E-state index contributed by atoms with van der Waals surface area (Å²) in [5, 5.41) is 0.530. The van der Waals surface area contributed by atoms with E-state index < -0.39 is 8.24 Å². The maximum atomic E-state index is 2.96. The fourth-order valence-electron chi connectivity index (χ4n) is 5.57. The first-order valence-electron chi connectivity index (χ1n) is 10.5. The minimum absolute atomic E-state index is 0.265. The van der Waals surface area contributed by atoms with Gasteiger partial charge >= 0.3 is 0 Å². The maximum Gasteiger partial charge on any atom is 0.164 e. The third kappa shape index (κ3) is 4.25. The van der Waals surface area contributed by atoms with Gasteiger partial charge in [0, 0.05) is 19.1 Å². The molecule has 1 heterocycles. The van der Waals surface area contributed by atoms with Crippen LogP contribution in [0.2, 0.25) is 10.1 Å². The van der Waals surface area contributed by atoms with E-state index in [2.05, 4.69) is 115 Å². The topological polar surface area (TPSA) is 6.48 Å². The van der Waals surface area contributed by atoms with Crippen LogP contribution in [-0.4, -0.2) is 44.4 Å². The Labute approximate surface area is 169 Å². The standard InChI is InChI=1S/C24H42N2Si/c1-19(2)22-21(17-25(9)10)18-27(23(3,4)5,24(6,7)8)26(22)16-20-14-12-11-13-15-20/h11-15,18-19,22H,16-17H2,1-10H3. The van der Waals surface area contributed by atoms with Crippen LogP contribution in [0.25, 0.3) is 0 Å². The summed E-state index contributed by atoms with van der Waals surface area (Å²) < 4.78 is 2.96. The molecule has 0 spiro atoms. The molecule has 0 aromatic heterocycles. The summed E-state index contributed by atoms with van der Waals surface area (Å²) in [5.41, 5.74) is 5.87. The van der Waals surface area contributed by atoms with E-state index in [0.717, 1.165) is 13.1 Å². The predicted octanol–water partition coefficient (Wildman–Crippen LogP) is 6.10. The van der Waals surface area contributed by atoms with Gasteiger partial charge in [-0.2, -0.15) is 0 Å². The SMILES string of the molecule is CC(C)C1C(CN(C)C)=C[Si](C(C)(C)C)(C(C)(C)C)N1Cc1ccccc1. The van der Waals surface area contributed by atoms with Gasteiger partial charge in [-0.25, -0.2) is 0 Å². The molecule has 1 unspecified atom stereocenters. The molecule has 0 amide bonds. The van der Waals surface area contributed by atoms with Crippen LogP contribution in [0.5, 0.6) is 0 Å². The van der Waals surface area contributed by atoms with E-state index in [4.69, 9.17) is 0 Å². The molecule has 2 rings (SSSR count). The Bertz CT molecular complexity index is 633. The van der Waals surface area contributed by atoms with Crippen molar-refractivity contribution < 1.29 is 0 Å². The van der Waals surface area contributed by atoms with E-state index in [9.17, 15) is 0 Å². The van der Waals surface area contributed by atoms with Gasteiger partial charge in [-0.15, -0.1) is 0 Å². The second-order valence-electron chi connectivity index (χ2n) is 11.0. The summed E-state index contributed by atoms with van der Waals surface area (Å²) in [7, 11) is 2.45. The number of benzene rings is 1. The molecule has 1 aromatic carbocycles. The molecule has 152 valence electrons. The monoisotopic (exact) mass is 386 g/mol. The Morgan fingerprint density at radius 2 is 1.48 bits per heavy atom. The number of rotatable bonds is 5. The Hall–Kier alpha value is -0.903. The zero-order valence-electron chi connectivity index (χ0n) is 19.4. The second-order valence-corrected chi connectivity index (χ2v) is 16.4. The fraction of sp³-hybridized carbons (Fsp3) is 0.667. The lowest BCUT2D eigenvalue weighted by Gasteiger charge is -2.55. The van der Waals surface area contributed by atoms with E-state index in [1.165, 1.54) is 5.56 Å². The molecule has 0 bridgehead atoms. The normalized spacial score (nSPS) is 21.2. The molecule has 0 saturated carbocycles. The third-order valence-corrected chi connectivity index (χ3v) is 12.9. The highest BCUT2D eigenvalue weighted by molar-refractivity contribution is 6.87. The number of hydrogen-bond donors (Lipinski definition) is 0. The zero-order valence-corrected chi connectivity index (χ0v) is 20.4. The lowest BCUT2D eigenvalue weighted by atomic mass is 9.96. The largest absolute Gasteiger partial charge is 0.309 e. The quantitative estimate of drug-likeness (QED) is 0.564. The summed E-state index contributed by atoms with van der Waals surface area (Å²) >= 11 is 0. The van der Waals surface area contributed by atoms with Crippen LogP contribution < -0.4 is 0 Å². The van der Waals surface area contributed by atoms with Gasteiger partial charge in [0.25, 0.3) is 0 Å². The smallest absolute Gasteiger partial charge is 0.164 e. The molecular weight excluding hydrogens is 344 g/mol. The average molecular weight is 387 g/mol. The molecule has 0 N–H and O–H groups in total. The Kier molecular flexibility index (Phi) is 6.51. The number of nitrogens with zero attached hydrogens (tertiary/aromatic N) is 2. The summed E-state index contributed by atoms with van der Waals surface area (Å²) in [6.45, 7) is 21.8. The van der Waals surface area contributed by atoms with Crippen LogP contribution >= 0.6 is 0 Å². The van der Waals surface area contributed by atoms with Crippen molar-refractivity contribution >= 4 is 8.24 Å². The molecule has 0 fully saturated rings. The molecule has 1 aliphatic rings. The van der Waals surface area contributed by atoms with Crippen LogP contribution in [-0.2, 0) is 6.54 Å². The minimum Gasteiger partial charge on any atom is -0.309 e. The molecule has 0 saturated heterocycles. The zero-order chi connectivity index (χ0) is 20.6. The molecule has 1 atom stereocenters. The maximum absolute atomic E-state index is 2.96. The molecular formula is C24H42N2Si. The van der Waals surface area contributed by atoms with Gasteiger partial charge in [0.2, 0.25) is 0 Å². The van der Waals surface area contributed by atoms with Crippen molar-refractivity contribution in [2.75, 3.05) is 20.6 Å². The summed E-state index contributed by atoms with van der Waals surface area (Å²) in [4.78, 5) is 2.34. The van der Waals surface area contributed by atoms with Gasteiger partial charge in [-0.3, -0.25) is 0 Å². The van der Waals surface area contributed by atoms with Crippen molar-refractivity contribution in [3.05, 3.63) is 47.2 Å². The van der Waals surface area contributed by atoms with Crippen LogP contribution in [0.4, 0.5) is 0 Å². The minimum atomic E-state index is -1.96. The van der Waals surface area contributed by atoms with Crippen molar-refractivity contribution in [2.24, 2.45) is 5.92 Å². The first-order chi connectivity index (χ1) is 12.3. The first kappa shape index (κ1) is 22.4. The number of hydrogen-bond acceptors (Lipinski definition) is 2. The van der Waals surface area contributed by atoms with Crippen LogP contribution in [0.3, 0.4) is 0 Å². The lowest BCUT2D eigenvalue weighted by Crippen LogP contribution is -2.63. The molecule has 2 nitrogen and oxygen atoms in total. The average Bonchev–Trinajstić information content (AvgIpc) is 2.82. The third-order valence-electron chi connectivity index (χ3n) is 6.18. The molecule has 1 aliphatic heterocycles. The summed E-state index contributed by atoms with van der Waals surface area (Å²) in [6, 6.07) is 11.6. The van der Waals surface area contributed by atoms with E-state index in [1.54, 1.807) is 5.57 Å². The molecule has 27 heavy (non-hydrogen) atoms. The molecule has 3 heteroatoms. The van der Waals surface area contributed by atoms with E-state index >= 15 is 0 Å². The highest BCUT2D eigenvalue weighted by atomic mass is 28.3. The molecule has 0 radical (unpaired) electrons. The van der Waals surface area contributed by atoms with Crippen molar-refractivity contribution in [1.29, 1.82) is 0 Å². The molecule has 0 aliphatic carbocycles. The predicted molar refractivity (Wildman–Crippen MR) is 122 cm³/mol. The van der Waals surface area contributed by atoms with Gasteiger partial charge in [0.1, 0.15) is 0 Å². The van der Waals surface area contributed by atoms with Crippen LogP contribution in [0.1, 0.15) is 61.0 Å². The van der Waals surface area contributed by atoms with Gasteiger partial charge in [0.15, 0.2) is 8.24 Å². The van der Waals surface area contributed by atoms with Gasteiger partial charge < -0.3 is 9.47 Å². The van der Waals surface area contributed by atoms with E-state index in [-0.39, 0.29) is 10.1 Å². The van der Waals surface area contributed by atoms with Gasteiger partial charge in [-0.05, 0) is 41.2 Å². The van der Waals surface area contributed by atoms with E-state index in [0.29, 0.717) is 12.0 Å². The van der Waals surface area contributed by atoms with Crippen molar-refractivity contribution in [2.45, 2.75) is 78.1 Å². The molecule has 1 aromatic rings. The lowest BCUT2D eigenvalue weighted by molar-refractivity contribution is 0.257. The second kappa shape index (κ2) is 7.85. The first-order valence-corrected chi connectivity index (χ1v) is 12.5. The highest BCUT2D eigenvalue weighted by Gasteiger charge is 2.61. The van der Waals surface area contributed by atoms with Crippen molar-refractivity contribution in [3.8, 4) is 0 Å². The fourth-order valence-corrected chi connectivity index (χ4v) is 12.7. The van der Waals surface area contributed by atoms with Crippen LogP contribution in [0.15, 0.2) is 41.6 Å². The number of likely N-dealkylation sites (N-methyl/N-ethyl adjacent to an activating group) is 1. The highest BCUT2D eigenvalue weighted by Crippen LogP contribution is 2.58. The van der Waals surface area contributed by atoms with Crippen molar-refractivity contribution in [1.82, 2.24) is 9.47 Å². The Morgan fingerprint density at radius 3 is 1.89 bits per heavy atom. The van der Waals surface area contributed by atoms with Crippen molar-refractivity contribution in [3.63, 3.8) is 0 Å².